The third-order valence-electron chi connectivity index (χ3n) is 3.02. The molecule has 0 spiro atoms. The number of aromatic nitrogens is 4. The van der Waals surface area contributed by atoms with Gasteiger partial charge in [-0.25, -0.2) is 9.97 Å². The van der Waals surface area contributed by atoms with Gasteiger partial charge in [0.15, 0.2) is 0 Å². The molecule has 0 radical (unpaired) electrons. The van der Waals surface area contributed by atoms with Crippen molar-refractivity contribution in [1.82, 2.24) is 19.5 Å². The molecule has 5 nitrogen and oxygen atoms in total. The molecule has 0 saturated carbocycles. The summed E-state index contributed by atoms with van der Waals surface area (Å²) in [6.45, 7) is 2.04. The van der Waals surface area contributed by atoms with Gasteiger partial charge in [0.1, 0.15) is 5.82 Å². The van der Waals surface area contributed by atoms with Gasteiger partial charge in [-0.3, -0.25) is 9.55 Å². The van der Waals surface area contributed by atoms with Crippen molar-refractivity contribution in [1.29, 1.82) is 0 Å². The number of nitrogens with two attached hydrogens (primary N) is 1. The molecular formula is C14H13N5. The van der Waals surface area contributed by atoms with Crippen molar-refractivity contribution in [3.8, 4) is 16.9 Å². The minimum Gasteiger partial charge on any atom is -0.383 e. The minimum atomic E-state index is 0.491. The van der Waals surface area contributed by atoms with Gasteiger partial charge in [-0.2, -0.15) is 0 Å². The number of aryl methyl sites for hydroxylation is 1. The molecule has 19 heavy (non-hydrogen) atoms. The topological polar surface area (TPSA) is 69.6 Å². The summed E-state index contributed by atoms with van der Waals surface area (Å²) in [5, 5.41) is 0. The highest BCUT2D eigenvalue weighted by atomic mass is 15.1. The van der Waals surface area contributed by atoms with E-state index in [1.165, 1.54) is 0 Å². The van der Waals surface area contributed by atoms with E-state index in [1.807, 2.05) is 35.9 Å². The Hall–Kier alpha value is -2.69. The highest BCUT2D eigenvalue weighted by Gasteiger charge is 2.11. The van der Waals surface area contributed by atoms with Gasteiger partial charge in [0.2, 0.25) is 0 Å². The molecule has 3 rings (SSSR count). The number of imidazole rings is 1. The van der Waals surface area contributed by atoms with Crippen molar-refractivity contribution >= 4 is 5.82 Å². The van der Waals surface area contributed by atoms with E-state index in [-0.39, 0.29) is 0 Å². The molecule has 0 atom stereocenters. The summed E-state index contributed by atoms with van der Waals surface area (Å²) in [4.78, 5) is 12.5. The fourth-order valence-corrected chi connectivity index (χ4v) is 2.03. The lowest BCUT2D eigenvalue weighted by Gasteiger charge is -2.11. The first-order valence-corrected chi connectivity index (χ1v) is 5.91. The standard InChI is InChI=1S/C14H13N5/c1-10-4-6-16-7-12(10)19-9-17-8-13(19)11-3-2-5-18-14(11)15/h2-9H,1H3,(H2,15,18). The zero-order chi connectivity index (χ0) is 13.2. The second kappa shape index (κ2) is 4.53. The van der Waals surface area contributed by atoms with E-state index in [1.54, 1.807) is 24.9 Å². The lowest BCUT2D eigenvalue weighted by atomic mass is 10.2. The molecule has 0 amide bonds. The first-order chi connectivity index (χ1) is 9.27. The number of nitrogens with zero attached hydrogens (tertiary/aromatic N) is 4. The van der Waals surface area contributed by atoms with Crippen molar-refractivity contribution in [2.75, 3.05) is 5.73 Å². The van der Waals surface area contributed by atoms with Gasteiger partial charge >= 0.3 is 0 Å². The molecule has 0 aromatic carbocycles. The van der Waals surface area contributed by atoms with E-state index >= 15 is 0 Å². The predicted octanol–water partition coefficient (Wildman–Crippen LogP) is 2.22. The van der Waals surface area contributed by atoms with Gasteiger partial charge in [-0.1, -0.05) is 0 Å². The monoisotopic (exact) mass is 251 g/mol. The largest absolute Gasteiger partial charge is 0.383 e. The molecule has 0 aliphatic heterocycles. The van der Waals surface area contributed by atoms with Crippen LogP contribution in [0.1, 0.15) is 5.56 Å². The van der Waals surface area contributed by atoms with Crippen molar-refractivity contribution in [2.24, 2.45) is 0 Å². The SMILES string of the molecule is Cc1ccncc1-n1cncc1-c1cccnc1N. The van der Waals surface area contributed by atoms with E-state index in [9.17, 15) is 0 Å². The molecule has 5 heteroatoms. The van der Waals surface area contributed by atoms with E-state index in [4.69, 9.17) is 5.73 Å². The smallest absolute Gasteiger partial charge is 0.132 e. The lowest BCUT2D eigenvalue weighted by molar-refractivity contribution is 1.03. The number of hydrogen-bond acceptors (Lipinski definition) is 4. The van der Waals surface area contributed by atoms with Gasteiger partial charge in [0, 0.05) is 18.0 Å². The summed E-state index contributed by atoms with van der Waals surface area (Å²) in [6.07, 6.45) is 8.79. The Morgan fingerprint density at radius 3 is 2.79 bits per heavy atom. The molecule has 0 bridgehead atoms. The van der Waals surface area contributed by atoms with Gasteiger partial charge in [0.05, 0.1) is 30.1 Å². The van der Waals surface area contributed by atoms with Gasteiger partial charge in [0.25, 0.3) is 0 Å². The van der Waals surface area contributed by atoms with Crippen LogP contribution in [0.2, 0.25) is 0 Å². The lowest BCUT2D eigenvalue weighted by Crippen LogP contribution is -2.01. The van der Waals surface area contributed by atoms with Gasteiger partial charge in [-0.05, 0) is 30.7 Å². The summed E-state index contributed by atoms with van der Waals surface area (Å²) in [7, 11) is 0. The summed E-state index contributed by atoms with van der Waals surface area (Å²) in [5.41, 5.74) is 9.80. The molecule has 2 N–H and O–H groups in total. The number of nitrogen functional groups attached to an aromatic ring is 1. The predicted molar refractivity (Wildman–Crippen MR) is 73.7 cm³/mol. The average molecular weight is 251 g/mol. The van der Waals surface area contributed by atoms with Crippen LogP contribution in [0.3, 0.4) is 0 Å². The highest BCUT2D eigenvalue weighted by Crippen LogP contribution is 2.26. The van der Waals surface area contributed by atoms with Crippen molar-refractivity contribution in [3.05, 3.63) is 54.9 Å². The van der Waals surface area contributed by atoms with Crippen LogP contribution in [0.25, 0.3) is 16.9 Å². The van der Waals surface area contributed by atoms with Crippen LogP contribution in [0.5, 0.6) is 0 Å². The Kier molecular flexibility index (Phi) is 2.72. The van der Waals surface area contributed by atoms with Crippen LogP contribution in [0.15, 0.2) is 49.3 Å². The molecule has 94 valence electrons. The first kappa shape index (κ1) is 11.4. The summed E-state index contributed by atoms with van der Waals surface area (Å²) >= 11 is 0. The molecule has 0 aliphatic rings. The first-order valence-electron chi connectivity index (χ1n) is 5.91. The van der Waals surface area contributed by atoms with Crippen LogP contribution in [0.4, 0.5) is 5.82 Å². The molecule has 0 aliphatic carbocycles. The minimum absolute atomic E-state index is 0.491. The van der Waals surface area contributed by atoms with Crippen molar-refractivity contribution < 1.29 is 0 Å². The van der Waals surface area contributed by atoms with E-state index in [0.717, 1.165) is 22.5 Å². The number of anilines is 1. The third-order valence-corrected chi connectivity index (χ3v) is 3.02. The molecular weight excluding hydrogens is 238 g/mol. The van der Waals surface area contributed by atoms with Crippen molar-refractivity contribution in [3.63, 3.8) is 0 Å². The zero-order valence-corrected chi connectivity index (χ0v) is 10.5. The molecule has 0 unspecified atom stereocenters. The Morgan fingerprint density at radius 1 is 1.11 bits per heavy atom. The average Bonchev–Trinajstić information content (AvgIpc) is 2.89. The number of pyridine rings is 2. The Labute approximate surface area is 110 Å². The van der Waals surface area contributed by atoms with E-state index in [2.05, 4.69) is 15.0 Å². The van der Waals surface area contributed by atoms with Gasteiger partial charge < -0.3 is 5.73 Å². The fourth-order valence-electron chi connectivity index (χ4n) is 2.03. The Balaban J connectivity index is 2.20. The highest BCUT2D eigenvalue weighted by molar-refractivity contribution is 5.72. The van der Waals surface area contributed by atoms with Gasteiger partial charge in [-0.15, -0.1) is 0 Å². The fraction of sp³-hybridized carbons (Fsp3) is 0.0714. The summed E-state index contributed by atoms with van der Waals surface area (Å²) in [6, 6.07) is 5.76. The van der Waals surface area contributed by atoms with Crippen LogP contribution < -0.4 is 5.73 Å². The second-order valence-corrected chi connectivity index (χ2v) is 4.25. The van der Waals surface area contributed by atoms with Crippen molar-refractivity contribution in [2.45, 2.75) is 6.92 Å². The summed E-state index contributed by atoms with van der Waals surface area (Å²) < 4.78 is 1.97. The Morgan fingerprint density at radius 2 is 2.00 bits per heavy atom. The molecule has 3 heterocycles. The normalized spacial score (nSPS) is 10.6. The van der Waals surface area contributed by atoms with Crippen LogP contribution in [-0.2, 0) is 0 Å². The summed E-state index contributed by atoms with van der Waals surface area (Å²) in [5.74, 6) is 0.491. The maximum Gasteiger partial charge on any atom is 0.132 e. The number of rotatable bonds is 2. The maximum atomic E-state index is 5.93. The van der Waals surface area contributed by atoms with Crippen LogP contribution in [0, 0.1) is 6.92 Å². The maximum absolute atomic E-state index is 5.93. The zero-order valence-electron chi connectivity index (χ0n) is 10.5. The molecule has 3 aromatic rings. The molecule has 0 saturated heterocycles. The van der Waals surface area contributed by atoms with E-state index < -0.39 is 0 Å². The third kappa shape index (κ3) is 1.95. The number of hydrogen-bond donors (Lipinski definition) is 1. The molecule has 3 aromatic heterocycles. The Bertz CT molecular complexity index is 657. The molecule has 0 fully saturated rings. The van der Waals surface area contributed by atoms with E-state index in [0.29, 0.717) is 5.82 Å². The van der Waals surface area contributed by atoms with Crippen LogP contribution >= 0.6 is 0 Å². The quantitative estimate of drug-likeness (QED) is 0.758. The second-order valence-electron chi connectivity index (χ2n) is 4.25. The van der Waals surface area contributed by atoms with Crippen LogP contribution in [-0.4, -0.2) is 19.5 Å².